The number of rotatable bonds is 4. The number of hydrogen-bond donors (Lipinski definition) is 1. The number of allylic oxidation sites excluding steroid dienone is 1. The van der Waals surface area contributed by atoms with Crippen LogP contribution in [-0.4, -0.2) is 17.2 Å². The van der Waals surface area contributed by atoms with E-state index in [4.69, 9.17) is 0 Å². The van der Waals surface area contributed by atoms with E-state index in [0.717, 1.165) is 11.6 Å². The fourth-order valence-electron chi connectivity index (χ4n) is 0.875. The predicted octanol–water partition coefficient (Wildman–Crippen LogP) is 0.453. The molecule has 0 bridgehead atoms. The van der Waals surface area contributed by atoms with E-state index in [-0.39, 0.29) is 5.91 Å². The van der Waals surface area contributed by atoms with Crippen LogP contribution in [0.2, 0.25) is 0 Å². The van der Waals surface area contributed by atoms with Crippen molar-refractivity contribution in [2.24, 2.45) is 0 Å². The predicted molar refractivity (Wildman–Crippen MR) is 51.3 cm³/mol. The third kappa shape index (κ3) is 3.62. The molecular weight excluding hydrogens is 180 g/mol. The Kier molecular flexibility index (Phi) is 4.07. The van der Waals surface area contributed by atoms with Gasteiger partial charge >= 0.3 is 0 Å². The van der Waals surface area contributed by atoms with Crippen LogP contribution in [-0.2, 0) is 16.1 Å². The van der Waals surface area contributed by atoms with Crippen molar-refractivity contribution >= 4 is 12.2 Å². The summed E-state index contributed by atoms with van der Waals surface area (Å²) in [7, 11) is 0. The van der Waals surface area contributed by atoms with Gasteiger partial charge in [0.05, 0.1) is 0 Å². The Bertz CT molecular complexity index is 333. The summed E-state index contributed by atoms with van der Waals surface area (Å²) in [5.74, 6) is -0.283. The van der Waals surface area contributed by atoms with Crippen LogP contribution < -0.4 is 5.32 Å². The van der Waals surface area contributed by atoms with Gasteiger partial charge in [-0.15, -0.1) is 0 Å². The lowest BCUT2D eigenvalue weighted by Gasteiger charge is -2.00. The number of pyridine rings is 1. The topological polar surface area (TPSA) is 59.1 Å². The van der Waals surface area contributed by atoms with Crippen molar-refractivity contribution in [1.29, 1.82) is 0 Å². The first kappa shape index (κ1) is 10.1. The van der Waals surface area contributed by atoms with Crippen molar-refractivity contribution in [3.63, 3.8) is 0 Å². The zero-order valence-corrected chi connectivity index (χ0v) is 7.51. The largest absolute Gasteiger partial charge is 0.348 e. The highest BCUT2D eigenvalue weighted by Gasteiger charge is 1.94. The lowest BCUT2D eigenvalue weighted by Crippen LogP contribution is -2.20. The molecule has 0 atom stereocenters. The van der Waals surface area contributed by atoms with Crippen LogP contribution in [0.1, 0.15) is 5.56 Å². The Morgan fingerprint density at radius 2 is 2.14 bits per heavy atom. The summed E-state index contributed by atoms with van der Waals surface area (Å²) in [4.78, 5) is 24.8. The quantitative estimate of drug-likeness (QED) is 0.554. The Morgan fingerprint density at radius 3 is 2.79 bits per heavy atom. The number of carbonyl (C=O) groups excluding carboxylic acids is 2. The number of nitrogens with zero attached hydrogens (tertiary/aromatic N) is 1. The first-order valence-electron chi connectivity index (χ1n) is 4.11. The number of nitrogens with one attached hydrogen (secondary N) is 1. The van der Waals surface area contributed by atoms with Gasteiger partial charge in [0, 0.05) is 25.0 Å². The minimum absolute atomic E-state index is 0.283. The van der Waals surface area contributed by atoms with E-state index in [9.17, 15) is 9.59 Å². The van der Waals surface area contributed by atoms with Crippen LogP contribution in [0.25, 0.3) is 0 Å². The monoisotopic (exact) mass is 190 g/mol. The van der Waals surface area contributed by atoms with E-state index in [2.05, 4.69) is 10.3 Å². The highest BCUT2D eigenvalue weighted by Crippen LogP contribution is 1.94. The Balaban J connectivity index is 2.38. The first-order chi connectivity index (χ1) is 6.83. The molecule has 72 valence electrons. The second-order valence-electron chi connectivity index (χ2n) is 2.57. The van der Waals surface area contributed by atoms with Crippen LogP contribution in [0.3, 0.4) is 0 Å². The summed E-state index contributed by atoms with van der Waals surface area (Å²) in [5, 5.41) is 2.62. The third-order valence-corrected chi connectivity index (χ3v) is 1.54. The molecule has 0 spiro atoms. The number of amides is 1. The first-order valence-corrected chi connectivity index (χ1v) is 4.11. The highest BCUT2D eigenvalue weighted by molar-refractivity contribution is 5.90. The van der Waals surface area contributed by atoms with Crippen LogP contribution in [0.4, 0.5) is 0 Å². The van der Waals surface area contributed by atoms with E-state index in [1.54, 1.807) is 12.4 Å². The molecule has 14 heavy (non-hydrogen) atoms. The molecule has 0 radical (unpaired) electrons. The summed E-state index contributed by atoms with van der Waals surface area (Å²) in [6.07, 6.45) is 6.22. The van der Waals surface area contributed by atoms with Crippen LogP contribution in [0.5, 0.6) is 0 Å². The average Bonchev–Trinajstić information content (AvgIpc) is 2.25. The normalized spacial score (nSPS) is 10.0. The minimum atomic E-state index is -0.283. The highest BCUT2D eigenvalue weighted by atomic mass is 16.1. The van der Waals surface area contributed by atoms with E-state index in [1.807, 2.05) is 12.1 Å². The minimum Gasteiger partial charge on any atom is -0.348 e. The van der Waals surface area contributed by atoms with Gasteiger partial charge in [0.25, 0.3) is 0 Å². The van der Waals surface area contributed by atoms with Gasteiger partial charge in [-0.2, -0.15) is 0 Å². The van der Waals surface area contributed by atoms with Crippen LogP contribution in [0.15, 0.2) is 36.7 Å². The Morgan fingerprint density at radius 1 is 1.43 bits per heavy atom. The zero-order valence-electron chi connectivity index (χ0n) is 7.51. The number of hydrogen-bond acceptors (Lipinski definition) is 3. The van der Waals surface area contributed by atoms with Crippen LogP contribution >= 0.6 is 0 Å². The van der Waals surface area contributed by atoms with Gasteiger partial charge in [-0.05, 0) is 23.8 Å². The molecule has 4 nitrogen and oxygen atoms in total. The summed E-state index contributed by atoms with van der Waals surface area (Å²) in [6, 6.07) is 3.62. The van der Waals surface area contributed by atoms with E-state index in [1.165, 1.54) is 6.08 Å². The molecular formula is C10H10N2O2. The van der Waals surface area contributed by atoms with E-state index in [0.29, 0.717) is 12.8 Å². The molecule has 1 rings (SSSR count). The van der Waals surface area contributed by atoms with Crippen molar-refractivity contribution in [2.45, 2.75) is 6.54 Å². The third-order valence-electron chi connectivity index (χ3n) is 1.54. The standard InChI is InChI=1S/C10H10N2O2/c13-7-1-2-10(14)12-8-9-3-5-11-6-4-9/h1-7H,8H2,(H,12,14)/b2-1+. The fraction of sp³-hybridized carbons (Fsp3) is 0.100. The van der Waals surface area contributed by atoms with Crippen molar-refractivity contribution < 1.29 is 9.59 Å². The molecule has 1 aromatic rings. The van der Waals surface area contributed by atoms with E-state index < -0.39 is 0 Å². The SMILES string of the molecule is O=C/C=C/C(=O)NCc1ccncc1. The lowest BCUT2D eigenvalue weighted by atomic mass is 10.3. The maximum atomic E-state index is 11.0. The summed E-state index contributed by atoms with van der Waals surface area (Å²) >= 11 is 0. The molecule has 1 heterocycles. The molecule has 0 fully saturated rings. The molecule has 0 aliphatic carbocycles. The number of carbonyl (C=O) groups is 2. The molecule has 0 aromatic carbocycles. The smallest absolute Gasteiger partial charge is 0.244 e. The maximum absolute atomic E-state index is 11.0. The number of aldehydes is 1. The van der Waals surface area contributed by atoms with Gasteiger partial charge in [-0.1, -0.05) is 0 Å². The number of aromatic nitrogens is 1. The van der Waals surface area contributed by atoms with Gasteiger partial charge in [0.1, 0.15) is 6.29 Å². The molecule has 4 heteroatoms. The maximum Gasteiger partial charge on any atom is 0.244 e. The van der Waals surface area contributed by atoms with Gasteiger partial charge in [0.15, 0.2) is 0 Å². The van der Waals surface area contributed by atoms with Gasteiger partial charge in [-0.3, -0.25) is 14.6 Å². The Hall–Kier alpha value is -1.97. The average molecular weight is 190 g/mol. The van der Waals surface area contributed by atoms with Crippen molar-refractivity contribution in [2.75, 3.05) is 0 Å². The van der Waals surface area contributed by atoms with Gasteiger partial charge < -0.3 is 5.32 Å². The van der Waals surface area contributed by atoms with Crippen molar-refractivity contribution in [3.05, 3.63) is 42.2 Å². The second kappa shape index (κ2) is 5.64. The molecule has 1 amide bonds. The Labute approximate surface area is 81.7 Å². The zero-order chi connectivity index (χ0) is 10.2. The van der Waals surface area contributed by atoms with Crippen LogP contribution in [0, 0.1) is 0 Å². The van der Waals surface area contributed by atoms with Gasteiger partial charge in [0.2, 0.25) is 5.91 Å². The summed E-state index contributed by atoms with van der Waals surface area (Å²) < 4.78 is 0. The lowest BCUT2D eigenvalue weighted by molar-refractivity contribution is -0.117. The molecule has 0 unspecified atom stereocenters. The summed E-state index contributed by atoms with van der Waals surface area (Å²) in [6.45, 7) is 0.435. The molecule has 0 aliphatic heterocycles. The fourth-order valence-corrected chi connectivity index (χ4v) is 0.875. The second-order valence-corrected chi connectivity index (χ2v) is 2.57. The molecule has 0 aliphatic rings. The van der Waals surface area contributed by atoms with Crippen molar-refractivity contribution in [3.8, 4) is 0 Å². The van der Waals surface area contributed by atoms with Crippen molar-refractivity contribution in [1.82, 2.24) is 10.3 Å². The molecule has 1 N–H and O–H groups in total. The molecule has 1 aromatic heterocycles. The van der Waals surface area contributed by atoms with Gasteiger partial charge in [-0.25, -0.2) is 0 Å². The van der Waals surface area contributed by atoms with E-state index >= 15 is 0 Å². The summed E-state index contributed by atoms with van der Waals surface area (Å²) in [5.41, 5.74) is 0.966. The molecule has 0 saturated carbocycles. The molecule has 0 saturated heterocycles.